The van der Waals surface area contributed by atoms with E-state index in [1.807, 2.05) is 0 Å². The van der Waals surface area contributed by atoms with Crippen LogP contribution in [0.4, 0.5) is 5.69 Å². The van der Waals surface area contributed by atoms with Crippen molar-refractivity contribution in [2.45, 2.75) is 49.9 Å². The van der Waals surface area contributed by atoms with Crippen LogP contribution in [-0.4, -0.2) is 71.3 Å². The van der Waals surface area contributed by atoms with Gasteiger partial charge in [0, 0.05) is 29.8 Å². The third kappa shape index (κ3) is 9.98. The average Bonchev–Trinajstić information content (AvgIpc) is 3.53. The monoisotopic (exact) mass is 634 g/mol. The Kier molecular flexibility index (Phi) is 11.4. The first-order valence-electron chi connectivity index (χ1n) is 14.2. The molecule has 45 heavy (non-hydrogen) atoms. The summed E-state index contributed by atoms with van der Waals surface area (Å²) in [6, 6.07) is 15.4. The maximum absolute atomic E-state index is 13.4. The largest absolute Gasteiger partial charge is 0.383 e. The summed E-state index contributed by atoms with van der Waals surface area (Å²) in [5.74, 6) is -4.43. The van der Waals surface area contributed by atoms with Crippen LogP contribution >= 0.6 is 11.3 Å². The molecule has 236 valence electrons. The van der Waals surface area contributed by atoms with Gasteiger partial charge in [-0.3, -0.25) is 28.8 Å². The fourth-order valence-electron chi connectivity index (χ4n) is 4.64. The summed E-state index contributed by atoms with van der Waals surface area (Å²) in [5, 5.41) is 24.9. The van der Waals surface area contributed by atoms with Crippen LogP contribution in [0.3, 0.4) is 0 Å². The van der Waals surface area contributed by atoms with Gasteiger partial charge in [0.2, 0.25) is 29.5 Å². The lowest BCUT2D eigenvalue weighted by atomic mass is 10.0. The van der Waals surface area contributed by atoms with Gasteiger partial charge in [0.15, 0.2) is 0 Å². The lowest BCUT2D eigenvalue weighted by Gasteiger charge is -2.23. The van der Waals surface area contributed by atoms with Gasteiger partial charge < -0.3 is 37.4 Å². The van der Waals surface area contributed by atoms with Gasteiger partial charge in [0.1, 0.15) is 24.2 Å². The smallest absolute Gasteiger partial charge is 0.253 e. The average molecular weight is 635 g/mol. The third-order valence-electron chi connectivity index (χ3n) is 7.00. The Labute approximate surface area is 263 Å². The number of hydrogen-bond acceptors (Lipinski definition) is 8. The fraction of sp³-hybridized carbons (Fsp3) is 0.290. The summed E-state index contributed by atoms with van der Waals surface area (Å²) in [7, 11) is 0. The molecule has 0 saturated carbocycles. The van der Waals surface area contributed by atoms with Crippen LogP contribution in [0.1, 0.15) is 22.4 Å². The Morgan fingerprint density at radius 2 is 1.47 bits per heavy atom. The van der Waals surface area contributed by atoms with Crippen LogP contribution in [0, 0.1) is 0 Å². The van der Waals surface area contributed by atoms with Crippen molar-refractivity contribution >= 4 is 52.5 Å². The number of carbonyl (C=O) groups excluding carboxylic acids is 6. The first-order chi connectivity index (χ1) is 21.6. The van der Waals surface area contributed by atoms with Crippen molar-refractivity contribution in [2.24, 2.45) is 5.73 Å². The Bertz CT molecular complexity index is 1510. The van der Waals surface area contributed by atoms with Gasteiger partial charge in [0.25, 0.3) is 5.91 Å². The SMILES string of the molecule is NC(=O)[C@@H]1Cc2ccc(cc2)NC(=O)[C@H](O)CC(=O)N[C@H](Cc2cccs2)C(=O)NCC(=O)N[C@H](Cc2ccccc2)C(=O)N1. The molecule has 2 aliphatic heterocycles. The van der Waals surface area contributed by atoms with Crippen molar-refractivity contribution in [1.82, 2.24) is 21.3 Å². The number of hydrogen-bond donors (Lipinski definition) is 7. The lowest BCUT2D eigenvalue weighted by molar-refractivity contribution is -0.134. The number of nitrogens with two attached hydrogens (primary N) is 1. The van der Waals surface area contributed by atoms with Crippen molar-refractivity contribution in [3.63, 3.8) is 0 Å². The molecule has 2 aromatic carbocycles. The normalized spacial score (nSPS) is 22.2. The molecule has 0 unspecified atom stereocenters. The Morgan fingerprint density at radius 3 is 2.13 bits per heavy atom. The molecule has 13 nitrogen and oxygen atoms in total. The summed E-state index contributed by atoms with van der Waals surface area (Å²) in [6.07, 6.45) is -2.13. The van der Waals surface area contributed by atoms with Crippen LogP contribution < -0.4 is 32.3 Å². The van der Waals surface area contributed by atoms with E-state index < -0.39 is 72.6 Å². The number of aliphatic hydroxyl groups excluding tert-OH is 1. The van der Waals surface area contributed by atoms with E-state index in [4.69, 9.17) is 5.73 Å². The first kappa shape index (κ1) is 32.8. The van der Waals surface area contributed by atoms with Crippen molar-refractivity contribution in [3.8, 4) is 0 Å². The van der Waals surface area contributed by atoms with Crippen molar-refractivity contribution in [2.75, 3.05) is 11.9 Å². The van der Waals surface area contributed by atoms with Crippen LogP contribution in [-0.2, 0) is 48.0 Å². The van der Waals surface area contributed by atoms with E-state index in [2.05, 4.69) is 26.6 Å². The summed E-state index contributed by atoms with van der Waals surface area (Å²) < 4.78 is 0. The number of amides is 6. The third-order valence-corrected chi connectivity index (χ3v) is 7.90. The number of fused-ring (bicyclic) bond motifs is 18. The predicted octanol–water partition coefficient (Wildman–Crippen LogP) is -0.465. The highest BCUT2D eigenvalue weighted by molar-refractivity contribution is 7.09. The molecular weight excluding hydrogens is 600 g/mol. The minimum absolute atomic E-state index is 0.0196. The maximum atomic E-state index is 13.4. The van der Waals surface area contributed by atoms with Crippen molar-refractivity contribution < 1.29 is 33.9 Å². The second-order valence-electron chi connectivity index (χ2n) is 10.5. The van der Waals surface area contributed by atoms with E-state index in [-0.39, 0.29) is 19.3 Å². The second kappa shape index (κ2) is 15.6. The number of aliphatic hydroxyl groups is 1. The topological polar surface area (TPSA) is 209 Å². The zero-order valence-electron chi connectivity index (χ0n) is 24.2. The van der Waals surface area contributed by atoms with Crippen molar-refractivity contribution in [3.05, 3.63) is 88.1 Å². The van der Waals surface area contributed by atoms with E-state index in [9.17, 15) is 33.9 Å². The first-order valence-corrected chi connectivity index (χ1v) is 15.1. The second-order valence-corrected chi connectivity index (χ2v) is 11.5. The molecule has 14 heteroatoms. The van der Waals surface area contributed by atoms with Gasteiger partial charge in [-0.15, -0.1) is 11.3 Å². The van der Waals surface area contributed by atoms with Gasteiger partial charge in [-0.2, -0.15) is 0 Å². The number of benzene rings is 2. The van der Waals surface area contributed by atoms with Gasteiger partial charge >= 0.3 is 0 Å². The van der Waals surface area contributed by atoms with Crippen molar-refractivity contribution in [1.29, 1.82) is 0 Å². The standard InChI is InChI=1S/C31H34N6O7S/c32-28(41)22-13-19-8-10-20(11-9-19)34-31(44)25(38)16-26(39)35-24(15-21-7-4-12-45-21)29(42)33-17-27(40)36-23(30(43)37-22)14-18-5-2-1-3-6-18/h1-12,22-25,38H,13-17H2,(H2,32,41)(H,33,42)(H,34,44)(H,35,39)(H,36,40)(H,37,43)/t22-,23+,24+,25+/m0/s1. The molecule has 3 aromatic rings. The van der Waals surface area contributed by atoms with Crippen LogP contribution in [0.25, 0.3) is 0 Å². The molecule has 6 amide bonds. The summed E-state index contributed by atoms with van der Waals surface area (Å²) in [5.41, 5.74) is 7.25. The highest BCUT2D eigenvalue weighted by atomic mass is 32.1. The molecule has 4 atom stereocenters. The Morgan fingerprint density at radius 1 is 0.778 bits per heavy atom. The molecule has 2 bridgehead atoms. The number of primary amides is 1. The van der Waals surface area contributed by atoms with Gasteiger partial charge in [-0.25, -0.2) is 0 Å². The molecule has 0 fully saturated rings. The molecule has 0 spiro atoms. The molecule has 3 heterocycles. The number of thiophene rings is 1. The fourth-order valence-corrected chi connectivity index (χ4v) is 5.39. The molecule has 8 N–H and O–H groups in total. The van der Waals surface area contributed by atoms with Crippen LogP contribution in [0.2, 0.25) is 0 Å². The number of nitrogens with one attached hydrogen (secondary N) is 5. The predicted molar refractivity (Wildman–Crippen MR) is 166 cm³/mol. The number of rotatable bonds is 5. The van der Waals surface area contributed by atoms with Crippen LogP contribution in [0.15, 0.2) is 72.1 Å². The zero-order valence-corrected chi connectivity index (χ0v) is 25.0. The van der Waals surface area contributed by atoms with E-state index in [1.54, 1.807) is 60.0 Å². The maximum Gasteiger partial charge on any atom is 0.253 e. The number of anilines is 1. The summed E-state index contributed by atoms with van der Waals surface area (Å²) in [4.78, 5) is 78.0. The zero-order chi connectivity index (χ0) is 32.3. The molecule has 0 saturated heterocycles. The van der Waals surface area contributed by atoms with E-state index in [0.717, 1.165) is 10.4 Å². The van der Waals surface area contributed by atoms with Crippen LogP contribution in [0.5, 0.6) is 0 Å². The van der Waals surface area contributed by atoms with E-state index >= 15 is 0 Å². The minimum atomic E-state index is -1.72. The highest BCUT2D eigenvalue weighted by Crippen LogP contribution is 2.14. The Hall–Kier alpha value is -5.08. The minimum Gasteiger partial charge on any atom is -0.383 e. The molecule has 2 aliphatic rings. The highest BCUT2D eigenvalue weighted by Gasteiger charge is 2.29. The number of carbonyl (C=O) groups is 6. The van der Waals surface area contributed by atoms with E-state index in [0.29, 0.717) is 11.3 Å². The molecular formula is C31H34N6O7S. The molecule has 1 aromatic heterocycles. The van der Waals surface area contributed by atoms with Gasteiger partial charge in [0.05, 0.1) is 13.0 Å². The van der Waals surface area contributed by atoms with E-state index in [1.165, 1.54) is 23.5 Å². The quantitative estimate of drug-likeness (QED) is 0.184. The Balaban J connectivity index is 1.60. The molecule has 5 rings (SSSR count). The van der Waals surface area contributed by atoms with Gasteiger partial charge in [-0.05, 0) is 34.7 Å². The molecule has 0 aliphatic carbocycles. The molecule has 0 radical (unpaired) electrons. The lowest BCUT2D eigenvalue weighted by Crippen LogP contribution is -2.56. The summed E-state index contributed by atoms with van der Waals surface area (Å²) in [6.45, 7) is -0.523. The van der Waals surface area contributed by atoms with Gasteiger partial charge in [-0.1, -0.05) is 48.5 Å². The summed E-state index contributed by atoms with van der Waals surface area (Å²) >= 11 is 1.36.